The van der Waals surface area contributed by atoms with E-state index in [9.17, 15) is 9.59 Å². The average Bonchev–Trinajstić information content (AvgIpc) is 2.71. The van der Waals surface area contributed by atoms with Crippen LogP contribution >= 0.6 is 0 Å². The van der Waals surface area contributed by atoms with Crippen LogP contribution in [0.5, 0.6) is 11.5 Å². The number of rotatable bonds is 8. The molecule has 0 aromatic heterocycles. The summed E-state index contributed by atoms with van der Waals surface area (Å²) in [6.45, 7) is 4.63. The zero-order chi connectivity index (χ0) is 22.3. The zero-order valence-electron chi connectivity index (χ0n) is 18.3. The molecule has 3 N–H and O–H groups in total. The van der Waals surface area contributed by atoms with Gasteiger partial charge in [0.15, 0.2) is 0 Å². The first kappa shape index (κ1) is 22.9. The summed E-state index contributed by atoms with van der Waals surface area (Å²) < 4.78 is 10.4. The predicted octanol–water partition coefficient (Wildman–Crippen LogP) is 3.80. The Morgan fingerprint density at radius 2 is 1.53 bits per heavy atom. The highest BCUT2D eigenvalue weighted by Gasteiger charge is 2.15. The van der Waals surface area contributed by atoms with E-state index in [0.717, 1.165) is 5.69 Å². The number of amides is 3. The quantitative estimate of drug-likeness (QED) is 0.611. The topological polar surface area (TPSA) is 91.9 Å². The summed E-state index contributed by atoms with van der Waals surface area (Å²) in [6, 6.07) is 9.84. The van der Waals surface area contributed by atoms with Crippen molar-refractivity contribution in [3.8, 4) is 11.5 Å². The van der Waals surface area contributed by atoms with Gasteiger partial charge in [-0.25, -0.2) is 4.79 Å². The fraction of sp³-hybridized carbons (Fsp3) is 0.364. The van der Waals surface area contributed by atoms with Crippen LogP contribution in [0, 0.1) is 5.92 Å². The summed E-state index contributed by atoms with van der Waals surface area (Å²) in [5.41, 5.74) is 2.27. The van der Waals surface area contributed by atoms with Crippen LogP contribution in [0.2, 0.25) is 0 Å². The lowest BCUT2D eigenvalue weighted by Crippen LogP contribution is -2.29. The van der Waals surface area contributed by atoms with Gasteiger partial charge in [-0.2, -0.15) is 0 Å². The molecule has 30 heavy (non-hydrogen) atoms. The fourth-order valence-electron chi connectivity index (χ4n) is 2.75. The first-order valence-electron chi connectivity index (χ1n) is 9.64. The molecule has 2 aromatic rings. The molecule has 8 nitrogen and oxygen atoms in total. The third-order valence-corrected chi connectivity index (χ3v) is 4.26. The van der Waals surface area contributed by atoms with Crippen LogP contribution < -0.4 is 30.3 Å². The van der Waals surface area contributed by atoms with E-state index < -0.39 is 6.03 Å². The number of nitrogens with one attached hydrogen (secondary N) is 3. The molecule has 0 spiro atoms. The van der Waals surface area contributed by atoms with Gasteiger partial charge in [0.25, 0.3) is 5.91 Å². The number of anilines is 3. The monoisotopic (exact) mass is 414 g/mol. The van der Waals surface area contributed by atoms with E-state index in [1.54, 1.807) is 36.4 Å². The average molecular weight is 415 g/mol. The van der Waals surface area contributed by atoms with Gasteiger partial charge in [0.2, 0.25) is 0 Å². The van der Waals surface area contributed by atoms with Gasteiger partial charge in [-0.05, 0) is 24.1 Å². The molecule has 0 fully saturated rings. The summed E-state index contributed by atoms with van der Waals surface area (Å²) in [4.78, 5) is 27.0. The van der Waals surface area contributed by atoms with Crippen LogP contribution in [0.1, 0.15) is 24.2 Å². The molecular formula is C22H30N4O4. The summed E-state index contributed by atoms with van der Waals surface area (Å²) >= 11 is 0. The van der Waals surface area contributed by atoms with Crippen molar-refractivity contribution in [1.82, 2.24) is 5.32 Å². The molecule has 2 aromatic carbocycles. The summed E-state index contributed by atoms with van der Waals surface area (Å²) in [5.74, 6) is 1.27. The second kappa shape index (κ2) is 10.4. The smallest absolute Gasteiger partial charge is 0.323 e. The standard InChI is InChI=1S/C22H30N4O4/c1-14(2)13-23-21(27)19-11-15(7-8-20(19)26(3)4)24-22(28)25-16-9-17(29-5)12-18(10-16)30-6/h7-12,14H,13H2,1-6H3,(H,23,27)(H2,24,25,28). The van der Waals surface area contributed by atoms with Crippen molar-refractivity contribution in [1.29, 1.82) is 0 Å². The van der Waals surface area contributed by atoms with Crippen LogP contribution in [-0.2, 0) is 0 Å². The first-order valence-corrected chi connectivity index (χ1v) is 9.64. The molecule has 162 valence electrons. The Balaban J connectivity index is 2.18. The van der Waals surface area contributed by atoms with Crippen molar-refractivity contribution in [3.05, 3.63) is 42.0 Å². The molecule has 0 bridgehead atoms. The molecule has 8 heteroatoms. The molecule has 0 heterocycles. The molecule has 0 saturated carbocycles. The van der Waals surface area contributed by atoms with Crippen molar-refractivity contribution in [2.45, 2.75) is 13.8 Å². The number of benzene rings is 2. The number of hydrogen-bond donors (Lipinski definition) is 3. The van der Waals surface area contributed by atoms with E-state index in [-0.39, 0.29) is 5.91 Å². The van der Waals surface area contributed by atoms with Gasteiger partial charge in [-0.1, -0.05) is 13.8 Å². The largest absolute Gasteiger partial charge is 0.497 e. The lowest BCUT2D eigenvalue weighted by molar-refractivity contribution is 0.0949. The molecule has 0 saturated heterocycles. The third kappa shape index (κ3) is 6.30. The van der Waals surface area contributed by atoms with Crippen LogP contribution in [-0.4, -0.2) is 46.8 Å². The number of methoxy groups -OCH3 is 2. The second-order valence-electron chi connectivity index (χ2n) is 7.41. The van der Waals surface area contributed by atoms with E-state index in [4.69, 9.17) is 9.47 Å². The molecular weight excluding hydrogens is 384 g/mol. The number of ether oxygens (including phenoxy) is 2. The van der Waals surface area contributed by atoms with Crippen LogP contribution in [0.15, 0.2) is 36.4 Å². The van der Waals surface area contributed by atoms with Crippen molar-refractivity contribution < 1.29 is 19.1 Å². The molecule has 0 atom stereocenters. The molecule has 0 aliphatic carbocycles. The maximum Gasteiger partial charge on any atom is 0.323 e. The number of hydrogen-bond acceptors (Lipinski definition) is 5. The minimum Gasteiger partial charge on any atom is -0.497 e. The Morgan fingerprint density at radius 3 is 2.07 bits per heavy atom. The first-order chi connectivity index (χ1) is 14.2. The van der Waals surface area contributed by atoms with Gasteiger partial charge in [-0.3, -0.25) is 4.79 Å². The lowest BCUT2D eigenvalue weighted by atomic mass is 10.1. The number of carbonyl (C=O) groups excluding carboxylic acids is 2. The molecule has 0 unspecified atom stereocenters. The Morgan fingerprint density at radius 1 is 0.933 bits per heavy atom. The SMILES string of the molecule is COc1cc(NC(=O)Nc2ccc(N(C)C)c(C(=O)NCC(C)C)c2)cc(OC)c1. The van der Waals surface area contributed by atoms with Crippen molar-refractivity contribution in [2.75, 3.05) is 50.4 Å². The van der Waals surface area contributed by atoms with Crippen molar-refractivity contribution in [3.63, 3.8) is 0 Å². The Labute approximate surface area is 177 Å². The summed E-state index contributed by atoms with van der Waals surface area (Å²) in [7, 11) is 6.81. The van der Waals surface area contributed by atoms with E-state index in [1.165, 1.54) is 14.2 Å². The van der Waals surface area contributed by atoms with Crippen LogP contribution in [0.25, 0.3) is 0 Å². The fourth-order valence-corrected chi connectivity index (χ4v) is 2.75. The Hall–Kier alpha value is -3.42. The normalized spacial score (nSPS) is 10.4. The second-order valence-corrected chi connectivity index (χ2v) is 7.41. The number of nitrogens with zero attached hydrogens (tertiary/aromatic N) is 1. The highest BCUT2D eigenvalue weighted by atomic mass is 16.5. The zero-order valence-corrected chi connectivity index (χ0v) is 18.3. The highest BCUT2D eigenvalue weighted by molar-refractivity contribution is 6.04. The van der Waals surface area contributed by atoms with E-state index in [1.807, 2.05) is 32.8 Å². The third-order valence-electron chi connectivity index (χ3n) is 4.26. The molecule has 0 radical (unpaired) electrons. The van der Waals surface area contributed by atoms with Gasteiger partial charge in [-0.15, -0.1) is 0 Å². The van der Waals surface area contributed by atoms with Crippen molar-refractivity contribution in [2.24, 2.45) is 5.92 Å². The molecule has 3 amide bonds. The summed E-state index contributed by atoms with van der Waals surface area (Å²) in [5, 5.41) is 8.42. The Bertz CT molecular complexity index is 874. The Kier molecular flexibility index (Phi) is 7.91. The minimum atomic E-state index is -0.448. The summed E-state index contributed by atoms with van der Waals surface area (Å²) in [6.07, 6.45) is 0. The maximum absolute atomic E-state index is 12.7. The highest BCUT2D eigenvalue weighted by Crippen LogP contribution is 2.26. The van der Waals surface area contributed by atoms with Crippen LogP contribution in [0.3, 0.4) is 0 Å². The van der Waals surface area contributed by atoms with E-state index in [0.29, 0.717) is 40.9 Å². The van der Waals surface area contributed by atoms with Crippen molar-refractivity contribution >= 4 is 29.0 Å². The number of carbonyl (C=O) groups is 2. The number of urea groups is 1. The maximum atomic E-state index is 12.7. The van der Waals surface area contributed by atoms with Gasteiger partial charge in [0.1, 0.15) is 11.5 Å². The molecule has 0 aliphatic rings. The minimum absolute atomic E-state index is 0.186. The van der Waals surface area contributed by atoms with Crippen LogP contribution in [0.4, 0.5) is 21.9 Å². The van der Waals surface area contributed by atoms with E-state index in [2.05, 4.69) is 16.0 Å². The van der Waals surface area contributed by atoms with Gasteiger partial charge in [0, 0.05) is 55.9 Å². The van der Waals surface area contributed by atoms with Gasteiger partial charge >= 0.3 is 6.03 Å². The van der Waals surface area contributed by atoms with Gasteiger partial charge < -0.3 is 30.3 Å². The van der Waals surface area contributed by atoms with Gasteiger partial charge in [0.05, 0.1) is 19.8 Å². The molecule has 0 aliphatic heterocycles. The van der Waals surface area contributed by atoms with E-state index >= 15 is 0 Å². The predicted molar refractivity (Wildman–Crippen MR) is 120 cm³/mol. The molecule has 2 rings (SSSR count). The lowest BCUT2D eigenvalue weighted by Gasteiger charge is -2.19.